The minimum atomic E-state index is -1.39. The van der Waals surface area contributed by atoms with Crippen LogP contribution in [-0.2, 0) is 9.53 Å². The number of nitrogens with one attached hydrogen (secondary N) is 2. The Kier molecular flexibility index (Phi) is 6.41. The van der Waals surface area contributed by atoms with Crippen molar-refractivity contribution in [3.63, 3.8) is 0 Å². The molecular weight excluding hydrogens is 406 g/mol. The van der Waals surface area contributed by atoms with Gasteiger partial charge in [-0.3, -0.25) is 20.2 Å². The van der Waals surface area contributed by atoms with E-state index in [-0.39, 0.29) is 17.2 Å². The fourth-order valence-corrected chi connectivity index (χ4v) is 2.66. The van der Waals surface area contributed by atoms with E-state index in [1.54, 1.807) is 30.3 Å². The van der Waals surface area contributed by atoms with Crippen LogP contribution in [0.4, 0.5) is 10.5 Å². The van der Waals surface area contributed by atoms with Gasteiger partial charge in [-0.2, -0.15) is 0 Å². The largest absolute Gasteiger partial charge is 0.449 e. The molecule has 10 nitrogen and oxygen atoms in total. The Balaban J connectivity index is 1.79. The minimum Gasteiger partial charge on any atom is -0.449 e. The van der Waals surface area contributed by atoms with Gasteiger partial charge in [0.2, 0.25) is 11.9 Å². The number of non-ortho nitro benzene ring substituents is 1. The number of ether oxygens (including phenoxy) is 1. The van der Waals surface area contributed by atoms with Gasteiger partial charge in [0.05, 0.1) is 4.92 Å². The third-order valence-electron chi connectivity index (χ3n) is 4.20. The molecule has 1 aromatic heterocycles. The van der Waals surface area contributed by atoms with E-state index in [9.17, 15) is 24.5 Å². The third-order valence-corrected chi connectivity index (χ3v) is 4.20. The molecule has 0 radical (unpaired) electrons. The quantitative estimate of drug-likeness (QED) is 0.352. The Morgan fingerprint density at radius 3 is 2.29 bits per heavy atom. The average Bonchev–Trinajstić information content (AvgIpc) is 3.28. The Labute approximate surface area is 176 Å². The van der Waals surface area contributed by atoms with Crippen LogP contribution in [0.25, 0.3) is 11.3 Å². The van der Waals surface area contributed by atoms with Gasteiger partial charge in [-0.1, -0.05) is 30.3 Å². The fourth-order valence-electron chi connectivity index (χ4n) is 2.66. The van der Waals surface area contributed by atoms with Gasteiger partial charge in [0.1, 0.15) is 5.76 Å². The maximum atomic E-state index is 12.6. The molecule has 3 aromatic rings. The molecule has 0 fully saturated rings. The highest BCUT2D eigenvalue weighted by Gasteiger charge is 2.28. The van der Waals surface area contributed by atoms with Crippen LogP contribution in [0.2, 0.25) is 0 Å². The van der Waals surface area contributed by atoms with Crippen molar-refractivity contribution in [2.45, 2.75) is 6.10 Å². The lowest BCUT2D eigenvalue weighted by Crippen LogP contribution is -2.41. The van der Waals surface area contributed by atoms with E-state index in [0.717, 1.165) is 0 Å². The van der Waals surface area contributed by atoms with Gasteiger partial charge in [0, 0.05) is 30.3 Å². The van der Waals surface area contributed by atoms with Crippen molar-refractivity contribution in [1.29, 1.82) is 0 Å². The molecule has 0 bridgehead atoms. The number of rotatable bonds is 6. The molecule has 0 saturated heterocycles. The highest BCUT2D eigenvalue weighted by molar-refractivity contribution is 5.98. The maximum absolute atomic E-state index is 12.6. The summed E-state index contributed by atoms with van der Waals surface area (Å²) in [4.78, 5) is 46.8. The molecule has 2 N–H and O–H groups in total. The van der Waals surface area contributed by atoms with E-state index in [1.165, 1.54) is 43.4 Å². The van der Waals surface area contributed by atoms with Crippen molar-refractivity contribution in [3.05, 3.63) is 88.2 Å². The normalized spacial score (nSPS) is 11.3. The Morgan fingerprint density at radius 2 is 1.68 bits per heavy atom. The number of nitrogens with zero attached hydrogens (tertiary/aromatic N) is 1. The Morgan fingerprint density at radius 1 is 1.00 bits per heavy atom. The van der Waals surface area contributed by atoms with Crippen LogP contribution in [0.3, 0.4) is 0 Å². The average molecular weight is 423 g/mol. The van der Waals surface area contributed by atoms with Crippen molar-refractivity contribution >= 4 is 23.6 Å². The number of carbonyl (C=O) groups is 3. The number of hydrogen-bond acceptors (Lipinski definition) is 7. The van der Waals surface area contributed by atoms with Crippen molar-refractivity contribution < 1.29 is 28.5 Å². The molecule has 158 valence electrons. The van der Waals surface area contributed by atoms with E-state index < -0.39 is 28.9 Å². The van der Waals surface area contributed by atoms with Crippen LogP contribution in [0.5, 0.6) is 0 Å². The first-order valence-electron chi connectivity index (χ1n) is 9.02. The second-order valence-electron chi connectivity index (χ2n) is 6.23. The summed E-state index contributed by atoms with van der Waals surface area (Å²) in [6, 6.07) is 15.9. The molecule has 1 atom stereocenters. The predicted octanol–water partition coefficient (Wildman–Crippen LogP) is 3.21. The van der Waals surface area contributed by atoms with Crippen LogP contribution in [0.15, 0.2) is 71.1 Å². The van der Waals surface area contributed by atoms with Crippen LogP contribution in [0.1, 0.15) is 22.2 Å². The first kappa shape index (κ1) is 21.2. The number of nitro benzene ring substituents is 1. The molecule has 1 heterocycles. The van der Waals surface area contributed by atoms with Gasteiger partial charge in [0.25, 0.3) is 11.6 Å². The van der Waals surface area contributed by atoms with Crippen LogP contribution >= 0.6 is 0 Å². The summed E-state index contributed by atoms with van der Waals surface area (Å²) in [6.45, 7) is 0. The number of urea groups is 1. The first-order chi connectivity index (χ1) is 14.9. The lowest BCUT2D eigenvalue weighted by atomic mass is 10.1. The Hall–Kier alpha value is -4.47. The molecule has 0 spiro atoms. The molecule has 0 saturated carbocycles. The monoisotopic (exact) mass is 423 g/mol. The number of furan rings is 1. The molecule has 0 aliphatic heterocycles. The van der Waals surface area contributed by atoms with Gasteiger partial charge in [-0.15, -0.1) is 0 Å². The first-order valence-corrected chi connectivity index (χ1v) is 9.02. The zero-order chi connectivity index (χ0) is 22.4. The SMILES string of the molecule is CNC(=O)NC(=O)[C@H](OC(=O)c1ccc(-c2ccc([N+](=O)[O-])cc2)o1)c1ccccc1. The van der Waals surface area contributed by atoms with E-state index in [4.69, 9.17) is 9.15 Å². The van der Waals surface area contributed by atoms with Crippen molar-refractivity contribution in [2.75, 3.05) is 7.05 Å². The van der Waals surface area contributed by atoms with E-state index in [2.05, 4.69) is 10.6 Å². The number of hydrogen-bond donors (Lipinski definition) is 2. The van der Waals surface area contributed by atoms with Crippen LogP contribution in [0, 0.1) is 10.1 Å². The maximum Gasteiger partial charge on any atom is 0.375 e. The highest BCUT2D eigenvalue weighted by Crippen LogP contribution is 2.26. The number of amides is 3. The second kappa shape index (κ2) is 9.35. The summed E-state index contributed by atoms with van der Waals surface area (Å²) in [7, 11) is 1.34. The summed E-state index contributed by atoms with van der Waals surface area (Å²) in [5, 5.41) is 15.1. The van der Waals surface area contributed by atoms with Crippen LogP contribution in [-0.4, -0.2) is 29.9 Å². The zero-order valence-electron chi connectivity index (χ0n) is 16.2. The molecular formula is C21H17N3O7. The smallest absolute Gasteiger partial charge is 0.375 e. The van der Waals surface area contributed by atoms with Crippen molar-refractivity contribution in [3.8, 4) is 11.3 Å². The van der Waals surface area contributed by atoms with Gasteiger partial charge in [-0.25, -0.2) is 9.59 Å². The number of esters is 1. The van der Waals surface area contributed by atoms with Gasteiger partial charge < -0.3 is 14.5 Å². The standard InChI is InChI=1S/C21H17N3O7/c1-22-21(27)23-19(25)18(14-5-3-2-4-6-14)31-20(26)17-12-11-16(30-17)13-7-9-15(10-8-13)24(28)29/h2-12,18H,1H3,(H2,22,23,25,27)/t18-/m1/s1. The predicted molar refractivity (Wildman–Crippen MR) is 108 cm³/mol. The summed E-state index contributed by atoms with van der Waals surface area (Å²) >= 11 is 0. The van der Waals surface area contributed by atoms with E-state index in [1.807, 2.05) is 0 Å². The Bertz CT molecular complexity index is 1110. The molecule has 2 aromatic carbocycles. The number of carbonyl (C=O) groups excluding carboxylic acids is 3. The lowest BCUT2D eigenvalue weighted by Gasteiger charge is -2.16. The number of benzene rings is 2. The fraction of sp³-hybridized carbons (Fsp3) is 0.0952. The molecule has 10 heteroatoms. The molecule has 31 heavy (non-hydrogen) atoms. The van der Waals surface area contributed by atoms with Crippen molar-refractivity contribution in [2.24, 2.45) is 0 Å². The topological polar surface area (TPSA) is 141 Å². The molecule has 3 rings (SSSR count). The van der Waals surface area contributed by atoms with E-state index in [0.29, 0.717) is 11.1 Å². The number of imide groups is 1. The zero-order valence-corrected chi connectivity index (χ0v) is 16.2. The lowest BCUT2D eigenvalue weighted by molar-refractivity contribution is -0.384. The molecule has 3 amide bonds. The number of nitro groups is 1. The highest BCUT2D eigenvalue weighted by atomic mass is 16.6. The third kappa shape index (κ3) is 5.12. The van der Waals surface area contributed by atoms with Gasteiger partial charge in [-0.05, 0) is 24.3 Å². The minimum absolute atomic E-state index is 0.0808. The molecule has 0 aliphatic rings. The van der Waals surface area contributed by atoms with Crippen LogP contribution < -0.4 is 10.6 Å². The second-order valence-corrected chi connectivity index (χ2v) is 6.23. The summed E-state index contributed by atoms with van der Waals surface area (Å²) in [5.41, 5.74) is 0.795. The van der Waals surface area contributed by atoms with Crippen molar-refractivity contribution in [1.82, 2.24) is 10.6 Å². The summed E-state index contributed by atoms with van der Waals surface area (Å²) < 4.78 is 10.8. The van der Waals surface area contributed by atoms with Gasteiger partial charge >= 0.3 is 12.0 Å². The van der Waals surface area contributed by atoms with E-state index >= 15 is 0 Å². The molecule has 0 aliphatic carbocycles. The summed E-state index contributed by atoms with van der Waals surface area (Å²) in [6.07, 6.45) is -1.39. The molecule has 0 unspecified atom stereocenters. The van der Waals surface area contributed by atoms with Gasteiger partial charge in [0.15, 0.2) is 0 Å². The summed E-state index contributed by atoms with van der Waals surface area (Å²) in [5.74, 6) is -1.65.